The highest BCUT2D eigenvalue weighted by atomic mass is 16.3. The van der Waals surface area contributed by atoms with E-state index in [-0.39, 0.29) is 6.10 Å². The molecule has 0 spiro atoms. The van der Waals surface area contributed by atoms with Gasteiger partial charge in [-0.1, -0.05) is 6.07 Å². The Kier molecular flexibility index (Phi) is 2.33. The van der Waals surface area contributed by atoms with Crippen LogP contribution in [0.4, 0.5) is 11.4 Å². The highest BCUT2D eigenvalue weighted by molar-refractivity contribution is 5.68. The van der Waals surface area contributed by atoms with Crippen molar-refractivity contribution in [1.29, 1.82) is 0 Å². The van der Waals surface area contributed by atoms with Crippen LogP contribution in [0.2, 0.25) is 0 Å². The summed E-state index contributed by atoms with van der Waals surface area (Å²) in [6.45, 7) is 3.63. The first kappa shape index (κ1) is 9.34. The van der Waals surface area contributed by atoms with Crippen molar-refractivity contribution in [3.05, 3.63) is 23.8 Å². The third-order valence-corrected chi connectivity index (χ3v) is 2.69. The van der Waals surface area contributed by atoms with Gasteiger partial charge in [0.05, 0.1) is 17.5 Å². The largest absolute Gasteiger partial charge is 0.397 e. The topological polar surface area (TPSA) is 49.5 Å². The van der Waals surface area contributed by atoms with Gasteiger partial charge >= 0.3 is 0 Å². The van der Waals surface area contributed by atoms with E-state index in [1.165, 1.54) is 5.56 Å². The fourth-order valence-electron chi connectivity index (χ4n) is 1.92. The number of nitrogens with two attached hydrogens (primary N) is 1. The molecule has 1 fully saturated rings. The Morgan fingerprint density at radius 2 is 2.29 bits per heavy atom. The molecule has 0 bridgehead atoms. The van der Waals surface area contributed by atoms with Crippen molar-refractivity contribution in [2.75, 3.05) is 23.7 Å². The van der Waals surface area contributed by atoms with Gasteiger partial charge in [-0.15, -0.1) is 0 Å². The molecule has 1 atom stereocenters. The number of aryl methyl sites for hydroxylation is 1. The molecule has 1 unspecified atom stereocenters. The van der Waals surface area contributed by atoms with Gasteiger partial charge in [-0.25, -0.2) is 0 Å². The number of anilines is 2. The van der Waals surface area contributed by atoms with E-state index >= 15 is 0 Å². The number of nitrogens with zero attached hydrogens (tertiary/aromatic N) is 1. The molecule has 3 nitrogen and oxygen atoms in total. The summed E-state index contributed by atoms with van der Waals surface area (Å²) in [7, 11) is 0. The maximum Gasteiger partial charge on any atom is 0.0731 e. The zero-order chi connectivity index (χ0) is 10.1. The third kappa shape index (κ3) is 1.68. The summed E-state index contributed by atoms with van der Waals surface area (Å²) in [4.78, 5) is 2.14. The van der Waals surface area contributed by atoms with Crippen LogP contribution in [-0.4, -0.2) is 24.3 Å². The number of nitrogen functional groups attached to an aromatic ring is 1. The van der Waals surface area contributed by atoms with Gasteiger partial charge in [-0.2, -0.15) is 0 Å². The Balaban J connectivity index is 2.24. The quantitative estimate of drug-likeness (QED) is 0.656. The van der Waals surface area contributed by atoms with Crippen LogP contribution < -0.4 is 10.6 Å². The van der Waals surface area contributed by atoms with Crippen LogP contribution in [0, 0.1) is 6.92 Å². The summed E-state index contributed by atoms with van der Waals surface area (Å²) in [5, 5.41) is 9.42. The predicted molar refractivity (Wildman–Crippen MR) is 58.4 cm³/mol. The van der Waals surface area contributed by atoms with Crippen LogP contribution in [-0.2, 0) is 0 Å². The van der Waals surface area contributed by atoms with Crippen molar-refractivity contribution in [2.24, 2.45) is 0 Å². The number of β-amino-alcohol motifs (C(OH)–C–C–N with tert-alkyl or cyclic N) is 1. The second kappa shape index (κ2) is 3.50. The lowest BCUT2D eigenvalue weighted by molar-refractivity contribution is 0.198. The SMILES string of the molecule is Cc1ccc(N2CCC(O)C2)c(N)c1. The molecule has 0 aliphatic carbocycles. The first-order valence-corrected chi connectivity index (χ1v) is 4.96. The van der Waals surface area contributed by atoms with Crippen molar-refractivity contribution in [3.8, 4) is 0 Å². The molecule has 1 aliphatic heterocycles. The zero-order valence-corrected chi connectivity index (χ0v) is 8.40. The van der Waals surface area contributed by atoms with E-state index < -0.39 is 0 Å². The van der Waals surface area contributed by atoms with E-state index in [1.54, 1.807) is 0 Å². The van der Waals surface area contributed by atoms with Gasteiger partial charge in [0.15, 0.2) is 0 Å². The Hall–Kier alpha value is -1.22. The third-order valence-electron chi connectivity index (χ3n) is 2.69. The minimum absolute atomic E-state index is 0.198. The van der Waals surface area contributed by atoms with Gasteiger partial charge in [0.2, 0.25) is 0 Å². The van der Waals surface area contributed by atoms with E-state index in [4.69, 9.17) is 5.73 Å². The van der Waals surface area contributed by atoms with Crippen molar-refractivity contribution >= 4 is 11.4 Å². The predicted octanol–water partition coefficient (Wildman–Crippen LogP) is 1.15. The summed E-state index contributed by atoms with van der Waals surface area (Å²) >= 11 is 0. The van der Waals surface area contributed by atoms with Crippen molar-refractivity contribution in [3.63, 3.8) is 0 Å². The van der Waals surface area contributed by atoms with Crippen molar-refractivity contribution < 1.29 is 5.11 Å². The first-order valence-electron chi connectivity index (χ1n) is 4.96. The molecule has 1 heterocycles. The lowest BCUT2D eigenvalue weighted by atomic mass is 10.2. The average Bonchev–Trinajstić information content (AvgIpc) is 2.51. The minimum Gasteiger partial charge on any atom is -0.397 e. The van der Waals surface area contributed by atoms with Gasteiger partial charge < -0.3 is 15.7 Å². The molecule has 3 N–H and O–H groups in total. The molecule has 1 aromatic rings. The number of benzene rings is 1. The van der Waals surface area contributed by atoms with Crippen LogP contribution >= 0.6 is 0 Å². The molecule has 1 aromatic carbocycles. The first-order chi connectivity index (χ1) is 6.66. The van der Waals surface area contributed by atoms with Crippen LogP contribution in [0.5, 0.6) is 0 Å². The fourth-order valence-corrected chi connectivity index (χ4v) is 1.92. The Morgan fingerprint density at radius 3 is 2.86 bits per heavy atom. The molecule has 76 valence electrons. The van der Waals surface area contributed by atoms with Crippen molar-refractivity contribution in [2.45, 2.75) is 19.4 Å². The van der Waals surface area contributed by atoms with Gasteiger partial charge in [-0.3, -0.25) is 0 Å². The maximum absolute atomic E-state index is 9.42. The average molecular weight is 192 g/mol. The smallest absolute Gasteiger partial charge is 0.0731 e. The number of aliphatic hydroxyl groups is 1. The number of rotatable bonds is 1. The molecule has 0 radical (unpaired) electrons. The van der Waals surface area contributed by atoms with Crippen LogP contribution in [0.15, 0.2) is 18.2 Å². The molecule has 0 saturated carbocycles. The van der Waals surface area contributed by atoms with E-state index in [0.717, 1.165) is 24.3 Å². The zero-order valence-electron chi connectivity index (χ0n) is 8.40. The van der Waals surface area contributed by atoms with Gasteiger partial charge in [-0.05, 0) is 31.0 Å². The minimum atomic E-state index is -0.198. The summed E-state index contributed by atoms with van der Waals surface area (Å²) in [5.74, 6) is 0. The van der Waals surface area contributed by atoms with E-state index in [0.29, 0.717) is 6.54 Å². The molecule has 14 heavy (non-hydrogen) atoms. The summed E-state index contributed by atoms with van der Waals surface area (Å²) in [6, 6.07) is 6.05. The van der Waals surface area contributed by atoms with Crippen LogP contribution in [0.3, 0.4) is 0 Å². The molecule has 0 amide bonds. The Labute approximate surface area is 84.1 Å². The lowest BCUT2D eigenvalue weighted by Gasteiger charge is -2.20. The van der Waals surface area contributed by atoms with Crippen molar-refractivity contribution in [1.82, 2.24) is 0 Å². The second-order valence-corrected chi connectivity index (χ2v) is 3.95. The monoisotopic (exact) mass is 192 g/mol. The Bertz CT molecular complexity index is 338. The fraction of sp³-hybridized carbons (Fsp3) is 0.455. The van der Waals surface area contributed by atoms with Gasteiger partial charge in [0.1, 0.15) is 0 Å². The van der Waals surface area contributed by atoms with E-state index in [2.05, 4.69) is 11.0 Å². The molecule has 2 rings (SSSR count). The highest BCUT2D eigenvalue weighted by Crippen LogP contribution is 2.27. The van der Waals surface area contributed by atoms with Gasteiger partial charge in [0.25, 0.3) is 0 Å². The molecular formula is C11H16N2O. The molecule has 3 heteroatoms. The number of hydrogen-bond acceptors (Lipinski definition) is 3. The van der Waals surface area contributed by atoms with E-state index in [1.807, 2.05) is 19.1 Å². The normalized spacial score (nSPS) is 21.6. The second-order valence-electron chi connectivity index (χ2n) is 3.95. The Morgan fingerprint density at radius 1 is 1.50 bits per heavy atom. The lowest BCUT2D eigenvalue weighted by Crippen LogP contribution is -2.22. The molecule has 1 saturated heterocycles. The molecule has 1 aliphatic rings. The van der Waals surface area contributed by atoms with E-state index in [9.17, 15) is 5.11 Å². The number of aliphatic hydroxyl groups excluding tert-OH is 1. The van der Waals surface area contributed by atoms with Crippen LogP contribution in [0.1, 0.15) is 12.0 Å². The summed E-state index contributed by atoms with van der Waals surface area (Å²) in [6.07, 6.45) is 0.642. The maximum atomic E-state index is 9.42. The van der Waals surface area contributed by atoms with Crippen LogP contribution in [0.25, 0.3) is 0 Å². The van der Waals surface area contributed by atoms with Gasteiger partial charge in [0, 0.05) is 13.1 Å². The molecular weight excluding hydrogens is 176 g/mol. The molecule has 0 aromatic heterocycles. The summed E-state index contributed by atoms with van der Waals surface area (Å²) in [5.41, 5.74) is 8.95. The standard InChI is InChI=1S/C11H16N2O/c1-8-2-3-11(10(12)6-8)13-5-4-9(14)7-13/h2-3,6,9,14H,4-5,7,12H2,1H3. The number of hydrogen-bond donors (Lipinski definition) is 2. The highest BCUT2D eigenvalue weighted by Gasteiger charge is 2.21. The summed E-state index contributed by atoms with van der Waals surface area (Å²) < 4.78 is 0.